The van der Waals surface area contributed by atoms with Crippen LogP contribution in [-0.4, -0.2) is 0 Å². The molecule has 0 saturated carbocycles. The molecule has 3 nitrogen and oxygen atoms in total. The molecule has 0 saturated heterocycles. The van der Waals surface area contributed by atoms with Gasteiger partial charge in [0.05, 0.1) is 17.4 Å². The molecule has 1 aliphatic heterocycles. The molecule has 5 heteroatoms. The smallest absolute Gasteiger partial charge is 0.0950 e. The first-order chi connectivity index (χ1) is 9.69. The number of hydrogen-bond acceptors (Lipinski definition) is 3. The molecule has 20 heavy (non-hydrogen) atoms. The first-order valence-electron chi connectivity index (χ1n) is 5.80. The van der Waals surface area contributed by atoms with Crippen molar-refractivity contribution in [3.63, 3.8) is 0 Å². The lowest BCUT2D eigenvalue weighted by atomic mass is 9.95. The fourth-order valence-corrected chi connectivity index (χ4v) is 2.44. The molecule has 2 aromatic rings. The summed E-state index contributed by atoms with van der Waals surface area (Å²) in [6.45, 7) is 0. The maximum absolute atomic E-state index is 9.03. The van der Waals surface area contributed by atoms with Gasteiger partial charge in [-0.2, -0.15) is 5.26 Å². The van der Waals surface area contributed by atoms with Gasteiger partial charge in [-0.1, -0.05) is 35.3 Å². The van der Waals surface area contributed by atoms with Gasteiger partial charge in [0, 0.05) is 32.8 Å². The van der Waals surface area contributed by atoms with Gasteiger partial charge in [0.1, 0.15) is 0 Å². The molecule has 2 aromatic carbocycles. The Morgan fingerprint density at radius 1 is 0.900 bits per heavy atom. The van der Waals surface area contributed by atoms with E-state index in [-0.39, 0.29) is 0 Å². The van der Waals surface area contributed by atoms with Crippen molar-refractivity contribution in [1.29, 1.82) is 5.26 Å². The summed E-state index contributed by atoms with van der Waals surface area (Å²) < 4.78 is 0. The Morgan fingerprint density at radius 2 is 1.40 bits per heavy atom. The van der Waals surface area contributed by atoms with E-state index in [0.717, 1.165) is 16.7 Å². The Hall–Kier alpha value is -2.15. The average molecular weight is 300 g/mol. The highest BCUT2D eigenvalue weighted by Crippen LogP contribution is 2.41. The third-order valence-electron chi connectivity index (χ3n) is 2.97. The molecule has 0 N–H and O–H groups in total. The molecule has 0 bridgehead atoms. The number of nitriles is 1. The standard InChI is InChI=1S/C15H7Cl2N3/c16-9-1-3-12-11(5-6-18)13-4-2-10(17)8-15(13)20-19-14(12)7-9/h1-5,7-8H. The van der Waals surface area contributed by atoms with Gasteiger partial charge in [0.25, 0.3) is 0 Å². The molecule has 0 aliphatic carbocycles. The number of allylic oxidation sites excluding steroid dienone is 1. The summed E-state index contributed by atoms with van der Waals surface area (Å²) in [5.74, 6) is 0. The molecule has 0 atom stereocenters. The Labute approximate surface area is 125 Å². The van der Waals surface area contributed by atoms with Gasteiger partial charge in [0.2, 0.25) is 0 Å². The third-order valence-corrected chi connectivity index (χ3v) is 3.44. The lowest BCUT2D eigenvalue weighted by Gasteiger charge is -2.08. The molecule has 96 valence electrons. The first-order valence-corrected chi connectivity index (χ1v) is 6.56. The highest BCUT2D eigenvalue weighted by Gasteiger charge is 2.17. The van der Waals surface area contributed by atoms with Crippen molar-refractivity contribution < 1.29 is 0 Å². The Morgan fingerprint density at radius 3 is 1.85 bits per heavy atom. The SMILES string of the molecule is N#CC=C1c2ccc(Cl)cc2N=Nc2cc(Cl)ccc21. The van der Waals surface area contributed by atoms with Crippen molar-refractivity contribution in [2.45, 2.75) is 0 Å². The number of hydrogen-bond donors (Lipinski definition) is 0. The van der Waals surface area contributed by atoms with Crippen LogP contribution in [0.2, 0.25) is 10.0 Å². The minimum absolute atomic E-state index is 0.572. The summed E-state index contributed by atoms with van der Waals surface area (Å²) in [6, 6.07) is 12.7. The van der Waals surface area contributed by atoms with E-state index in [4.69, 9.17) is 28.5 Å². The van der Waals surface area contributed by atoms with E-state index in [2.05, 4.69) is 16.3 Å². The zero-order valence-corrected chi connectivity index (χ0v) is 11.7. The number of nitrogens with zero attached hydrogens (tertiary/aromatic N) is 3. The molecule has 3 rings (SSSR count). The van der Waals surface area contributed by atoms with Gasteiger partial charge < -0.3 is 0 Å². The molecule has 0 radical (unpaired) electrons. The minimum Gasteiger partial charge on any atom is -0.193 e. The van der Waals surface area contributed by atoms with E-state index in [0.29, 0.717) is 21.4 Å². The van der Waals surface area contributed by atoms with E-state index in [1.54, 1.807) is 24.3 Å². The van der Waals surface area contributed by atoms with Crippen LogP contribution in [0, 0.1) is 11.3 Å². The van der Waals surface area contributed by atoms with Crippen molar-refractivity contribution in [1.82, 2.24) is 0 Å². The second kappa shape index (κ2) is 5.09. The molecule has 0 aromatic heterocycles. The van der Waals surface area contributed by atoms with Crippen molar-refractivity contribution >= 4 is 40.1 Å². The zero-order chi connectivity index (χ0) is 14.1. The number of fused-ring (bicyclic) bond motifs is 2. The zero-order valence-electron chi connectivity index (χ0n) is 10.1. The van der Waals surface area contributed by atoms with Crippen LogP contribution < -0.4 is 0 Å². The molecule has 1 heterocycles. The average Bonchev–Trinajstić information content (AvgIpc) is 2.57. The third kappa shape index (κ3) is 2.20. The number of azo groups is 1. The lowest BCUT2D eigenvalue weighted by molar-refractivity contribution is 1.24. The van der Waals surface area contributed by atoms with E-state index in [1.807, 2.05) is 12.1 Å². The van der Waals surface area contributed by atoms with Crippen molar-refractivity contribution in [2.24, 2.45) is 10.2 Å². The fourth-order valence-electron chi connectivity index (χ4n) is 2.10. The molecule has 0 unspecified atom stereocenters. The number of rotatable bonds is 0. The van der Waals surface area contributed by atoms with Crippen LogP contribution in [0.1, 0.15) is 11.1 Å². The molecule has 0 spiro atoms. The van der Waals surface area contributed by atoms with Gasteiger partial charge in [-0.3, -0.25) is 0 Å². The summed E-state index contributed by atoms with van der Waals surface area (Å²) in [4.78, 5) is 0. The molecular weight excluding hydrogens is 293 g/mol. The monoisotopic (exact) mass is 299 g/mol. The maximum Gasteiger partial charge on any atom is 0.0950 e. The van der Waals surface area contributed by atoms with Crippen LogP contribution in [0.15, 0.2) is 52.7 Å². The van der Waals surface area contributed by atoms with Crippen LogP contribution in [0.4, 0.5) is 11.4 Å². The fraction of sp³-hybridized carbons (Fsp3) is 0. The summed E-state index contributed by atoms with van der Waals surface area (Å²) in [5, 5.41) is 18.6. The van der Waals surface area contributed by atoms with E-state index < -0.39 is 0 Å². The summed E-state index contributed by atoms with van der Waals surface area (Å²) in [7, 11) is 0. The van der Waals surface area contributed by atoms with E-state index in [1.165, 1.54) is 6.08 Å². The molecule has 0 fully saturated rings. The normalized spacial score (nSPS) is 12.2. The minimum atomic E-state index is 0.572. The molecule has 1 aliphatic rings. The molecule has 0 amide bonds. The quantitative estimate of drug-likeness (QED) is 0.493. The van der Waals surface area contributed by atoms with Gasteiger partial charge in [0.15, 0.2) is 0 Å². The van der Waals surface area contributed by atoms with Gasteiger partial charge in [-0.15, -0.1) is 10.2 Å². The predicted molar refractivity (Wildman–Crippen MR) is 79.8 cm³/mol. The summed E-state index contributed by atoms with van der Waals surface area (Å²) >= 11 is 12.0. The van der Waals surface area contributed by atoms with Crippen molar-refractivity contribution in [2.75, 3.05) is 0 Å². The van der Waals surface area contributed by atoms with Crippen LogP contribution in [0.5, 0.6) is 0 Å². The highest BCUT2D eigenvalue weighted by atomic mass is 35.5. The topological polar surface area (TPSA) is 48.5 Å². The van der Waals surface area contributed by atoms with Gasteiger partial charge in [-0.05, 0) is 24.3 Å². The summed E-state index contributed by atoms with van der Waals surface area (Å²) in [6.07, 6.45) is 1.48. The van der Waals surface area contributed by atoms with Crippen LogP contribution in [0.25, 0.3) is 5.57 Å². The Bertz CT molecular complexity index is 744. The van der Waals surface area contributed by atoms with Gasteiger partial charge >= 0.3 is 0 Å². The molecular formula is C15H7Cl2N3. The van der Waals surface area contributed by atoms with Gasteiger partial charge in [-0.25, -0.2) is 0 Å². The lowest BCUT2D eigenvalue weighted by Crippen LogP contribution is -1.88. The van der Waals surface area contributed by atoms with Crippen molar-refractivity contribution in [3.8, 4) is 6.07 Å². The van der Waals surface area contributed by atoms with Crippen LogP contribution >= 0.6 is 23.2 Å². The second-order valence-corrected chi connectivity index (χ2v) is 5.08. The van der Waals surface area contributed by atoms with Crippen LogP contribution in [0.3, 0.4) is 0 Å². The maximum atomic E-state index is 9.03. The van der Waals surface area contributed by atoms with E-state index >= 15 is 0 Å². The highest BCUT2D eigenvalue weighted by molar-refractivity contribution is 6.31. The Balaban J connectivity index is 2.34. The first kappa shape index (κ1) is 12.9. The summed E-state index contributed by atoms with van der Waals surface area (Å²) in [5.41, 5.74) is 3.66. The largest absolute Gasteiger partial charge is 0.193 e. The second-order valence-electron chi connectivity index (χ2n) is 4.21. The predicted octanol–water partition coefficient (Wildman–Crippen LogP) is 5.68. The number of benzene rings is 2. The Kier molecular flexibility index (Phi) is 3.27. The van der Waals surface area contributed by atoms with Crippen LogP contribution in [-0.2, 0) is 0 Å². The van der Waals surface area contributed by atoms with Crippen molar-refractivity contribution in [3.05, 3.63) is 63.6 Å². The van der Waals surface area contributed by atoms with E-state index in [9.17, 15) is 0 Å². The number of halogens is 2.